The van der Waals surface area contributed by atoms with E-state index < -0.39 is 11.7 Å². The minimum absolute atomic E-state index is 0.00718. The van der Waals surface area contributed by atoms with Crippen molar-refractivity contribution in [2.24, 2.45) is 0 Å². The maximum atomic E-state index is 12.7. The summed E-state index contributed by atoms with van der Waals surface area (Å²) >= 11 is 0. The number of hydrogen-bond acceptors (Lipinski definition) is 2. The van der Waals surface area contributed by atoms with Crippen molar-refractivity contribution in [1.29, 1.82) is 0 Å². The number of amides is 2. The molecule has 3 N–H and O–H groups in total. The standard InChI is InChI=1S/C18H26F3N3O/c1-16(2)9-14(10-17(3,4)24-16)23-15(25)22-11-12-6-5-7-13(8-12)18(19,20)21/h5-8,14,24H,9-11H2,1-4H3,(H2,22,23,25). The van der Waals surface area contributed by atoms with E-state index in [4.69, 9.17) is 0 Å². The number of carbonyl (C=O) groups is 1. The predicted molar refractivity (Wildman–Crippen MR) is 91.1 cm³/mol. The molecule has 2 amide bonds. The molecule has 0 unspecified atom stereocenters. The van der Waals surface area contributed by atoms with Crippen LogP contribution in [0, 0.1) is 0 Å². The summed E-state index contributed by atoms with van der Waals surface area (Å²) in [6.45, 7) is 8.39. The van der Waals surface area contributed by atoms with Crippen molar-refractivity contribution in [3.8, 4) is 0 Å². The Hall–Kier alpha value is -1.76. The number of piperidine rings is 1. The molecule has 1 aromatic carbocycles. The van der Waals surface area contributed by atoms with Gasteiger partial charge in [0.15, 0.2) is 0 Å². The van der Waals surface area contributed by atoms with Gasteiger partial charge in [0, 0.05) is 23.7 Å². The summed E-state index contributed by atoms with van der Waals surface area (Å²) in [5.74, 6) is 0. The first-order chi connectivity index (χ1) is 11.4. The van der Waals surface area contributed by atoms with Crippen molar-refractivity contribution >= 4 is 6.03 Å². The van der Waals surface area contributed by atoms with Crippen LogP contribution in [0.4, 0.5) is 18.0 Å². The Morgan fingerprint density at radius 3 is 2.36 bits per heavy atom. The van der Waals surface area contributed by atoms with Gasteiger partial charge in [-0.25, -0.2) is 4.79 Å². The van der Waals surface area contributed by atoms with Crippen LogP contribution in [0.1, 0.15) is 51.7 Å². The minimum atomic E-state index is -4.38. The third-order valence-electron chi connectivity index (χ3n) is 4.23. The highest BCUT2D eigenvalue weighted by atomic mass is 19.4. The van der Waals surface area contributed by atoms with E-state index in [2.05, 4.69) is 43.6 Å². The Morgan fingerprint density at radius 2 is 1.80 bits per heavy atom. The van der Waals surface area contributed by atoms with Crippen LogP contribution < -0.4 is 16.0 Å². The van der Waals surface area contributed by atoms with Crippen LogP contribution >= 0.6 is 0 Å². The number of nitrogens with one attached hydrogen (secondary N) is 3. The first-order valence-electron chi connectivity index (χ1n) is 8.36. The SMILES string of the molecule is CC1(C)CC(NC(=O)NCc2cccc(C(F)(F)F)c2)CC(C)(C)N1. The molecule has 1 aliphatic heterocycles. The second-order valence-corrected chi connectivity index (χ2v) is 8.02. The van der Waals surface area contributed by atoms with E-state index in [1.165, 1.54) is 6.07 Å². The van der Waals surface area contributed by atoms with Crippen LogP contribution in [-0.2, 0) is 12.7 Å². The van der Waals surface area contributed by atoms with Crippen molar-refractivity contribution in [2.45, 2.75) is 70.4 Å². The summed E-state index contributed by atoms with van der Waals surface area (Å²) in [7, 11) is 0. The molecule has 25 heavy (non-hydrogen) atoms. The molecule has 1 fully saturated rings. The molecule has 0 aromatic heterocycles. The third-order valence-corrected chi connectivity index (χ3v) is 4.23. The molecule has 1 aromatic rings. The Balaban J connectivity index is 1.91. The maximum absolute atomic E-state index is 12.7. The number of hydrogen-bond donors (Lipinski definition) is 3. The molecule has 2 rings (SSSR count). The molecule has 0 atom stereocenters. The Labute approximate surface area is 146 Å². The maximum Gasteiger partial charge on any atom is 0.416 e. The second-order valence-electron chi connectivity index (χ2n) is 8.02. The van der Waals surface area contributed by atoms with Gasteiger partial charge < -0.3 is 16.0 Å². The third kappa shape index (κ3) is 5.92. The summed E-state index contributed by atoms with van der Waals surface area (Å²) in [5.41, 5.74) is -0.494. The fraction of sp³-hybridized carbons (Fsp3) is 0.611. The number of urea groups is 1. The van der Waals surface area contributed by atoms with Gasteiger partial charge in [-0.2, -0.15) is 13.2 Å². The number of benzene rings is 1. The first-order valence-corrected chi connectivity index (χ1v) is 8.36. The number of halogens is 3. The van der Waals surface area contributed by atoms with Crippen LogP contribution in [0.5, 0.6) is 0 Å². The highest BCUT2D eigenvalue weighted by Gasteiger charge is 2.38. The summed E-state index contributed by atoms with van der Waals surface area (Å²) < 4.78 is 38.1. The van der Waals surface area contributed by atoms with Gasteiger partial charge in [0.05, 0.1) is 5.56 Å². The van der Waals surface area contributed by atoms with E-state index in [0.717, 1.165) is 25.0 Å². The molecule has 0 radical (unpaired) electrons. The molecule has 0 bridgehead atoms. The highest BCUT2D eigenvalue weighted by molar-refractivity contribution is 5.74. The Morgan fingerprint density at radius 1 is 1.20 bits per heavy atom. The van der Waals surface area contributed by atoms with Crippen molar-refractivity contribution in [3.63, 3.8) is 0 Å². The lowest BCUT2D eigenvalue weighted by Gasteiger charge is -2.46. The fourth-order valence-corrected chi connectivity index (χ4v) is 3.70. The molecule has 4 nitrogen and oxygen atoms in total. The van der Waals surface area contributed by atoms with E-state index in [-0.39, 0.29) is 29.7 Å². The molecule has 1 aliphatic rings. The van der Waals surface area contributed by atoms with Gasteiger partial charge in [0.25, 0.3) is 0 Å². The quantitative estimate of drug-likeness (QED) is 0.770. The Bertz CT molecular complexity index is 610. The summed E-state index contributed by atoms with van der Waals surface area (Å²) in [6, 6.07) is 4.62. The van der Waals surface area contributed by atoms with Crippen LogP contribution in [0.15, 0.2) is 24.3 Å². The number of alkyl halides is 3. The zero-order chi connectivity index (χ0) is 18.9. The van der Waals surface area contributed by atoms with Gasteiger partial charge in [0.1, 0.15) is 0 Å². The van der Waals surface area contributed by atoms with E-state index in [1.807, 2.05) is 0 Å². The normalized spacial score (nSPS) is 20.1. The molecule has 140 valence electrons. The fourth-order valence-electron chi connectivity index (χ4n) is 3.70. The number of carbonyl (C=O) groups excluding carboxylic acids is 1. The molecule has 0 aliphatic carbocycles. The van der Waals surface area contributed by atoms with E-state index >= 15 is 0 Å². The largest absolute Gasteiger partial charge is 0.416 e. The first kappa shape index (κ1) is 19.6. The smallest absolute Gasteiger partial charge is 0.335 e. The van der Waals surface area contributed by atoms with Crippen LogP contribution in [0.3, 0.4) is 0 Å². The summed E-state index contributed by atoms with van der Waals surface area (Å²) in [5, 5.41) is 9.11. The van der Waals surface area contributed by atoms with Crippen molar-refractivity contribution in [3.05, 3.63) is 35.4 Å². The molecule has 0 saturated carbocycles. The molecule has 0 spiro atoms. The van der Waals surface area contributed by atoms with Gasteiger partial charge in [-0.15, -0.1) is 0 Å². The lowest BCUT2D eigenvalue weighted by molar-refractivity contribution is -0.137. The van der Waals surface area contributed by atoms with Crippen molar-refractivity contribution in [2.75, 3.05) is 0 Å². The lowest BCUT2D eigenvalue weighted by Crippen LogP contribution is -2.62. The van der Waals surface area contributed by atoms with Crippen LogP contribution in [0.25, 0.3) is 0 Å². The Kier molecular flexibility index (Phi) is 5.37. The van der Waals surface area contributed by atoms with Crippen LogP contribution in [-0.4, -0.2) is 23.2 Å². The lowest BCUT2D eigenvalue weighted by atomic mass is 9.80. The second kappa shape index (κ2) is 6.86. The molecular weight excluding hydrogens is 331 g/mol. The topological polar surface area (TPSA) is 53.2 Å². The van der Waals surface area contributed by atoms with Crippen molar-refractivity contribution < 1.29 is 18.0 Å². The van der Waals surface area contributed by atoms with E-state index in [0.29, 0.717) is 5.56 Å². The molecule has 1 saturated heterocycles. The molecular formula is C18H26F3N3O. The minimum Gasteiger partial charge on any atom is -0.335 e. The van der Waals surface area contributed by atoms with Gasteiger partial charge in [-0.1, -0.05) is 12.1 Å². The van der Waals surface area contributed by atoms with Gasteiger partial charge >= 0.3 is 12.2 Å². The van der Waals surface area contributed by atoms with Crippen LogP contribution in [0.2, 0.25) is 0 Å². The van der Waals surface area contributed by atoms with Crippen molar-refractivity contribution in [1.82, 2.24) is 16.0 Å². The van der Waals surface area contributed by atoms with E-state index in [9.17, 15) is 18.0 Å². The zero-order valence-electron chi connectivity index (χ0n) is 15.1. The highest BCUT2D eigenvalue weighted by Crippen LogP contribution is 2.30. The molecule has 7 heteroatoms. The average molecular weight is 357 g/mol. The number of rotatable bonds is 3. The average Bonchev–Trinajstić information content (AvgIpc) is 2.41. The van der Waals surface area contributed by atoms with Gasteiger partial charge in [-0.3, -0.25) is 0 Å². The summed E-state index contributed by atoms with van der Waals surface area (Å²) in [4.78, 5) is 12.1. The van der Waals surface area contributed by atoms with E-state index in [1.54, 1.807) is 6.07 Å². The zero-order valence-corrected chi connectivity index (χ0v) is 15.1. The predicted octanol–water partition coefficient (Wildman–Crippen LogP) is 3.81. The van der Waals surface area contributed by atoms with Gasteiger partial charge in [-0.05, 0) is 58.2 Å². The summed E-state index contributed by atoms with van der Waals surface area (Å²) in [6.07, 6.45) is -2.81. The molecule has 1 heterocycles. The monoisotopic (exact) mass is 357 g/mol. The van der Waals surface area contributed by atoms with Gasteiger partial charge in [0.2, 0.25) is 0 Å².